The van der Waals surface area contributed by atoms with Gasteiger partial charge in [-0.15, -0.1) is 0 Å². The first-order chi connectivity index (χ1) is 9.93. The standard InChI is InChI=1S/C18H31N3/c1-13-10-15(3)16(11-14(13)2)18(19-4)17-12-20(5)8-7-9-21(17)6/h10-11,17-19H,7-9,12H2,1-6H3. The van der Waals surface area contributed by atoms with Crippen molar-refractivity contribution >= 4 is 0 Å². The van der Waals surface area contributed by atoms with Gasteiger partial charge in [-0.3, -0.25) is 0 Å². The molecule has 0 radical (unpaired) electrons. The molecule has 0 bridgehead atoms. The Kier molecular flexibility index (Phi) is 5.42. The molecule has 2 unspecified atom stereocenters. The Morgan fingerprint density at radius 1 is 1.05 bits per heavy atom. The Hall–Kier alpha value is -0.900. The number of nitrogens with one attached hydrogen (secondary N) is 1. The van der Waals surface area contributed by atoms with Crippen LogP contribution in [0.25, 0.3) is 0 Å². The predicted molar refractivity (Wildman–Crippen MR) is 91.0 cm³/mol. The number of benzene rings is 1. The van der Waals surface area contributed by atoms with Gasteiger partial charge in [-0.25, -0.2) is 0 Å². The van der Waals surface area contributed by atoms with E-state index < -0.39 is 0 Å². The lowest BCUT2D eigenvalue weighted by atomic mass is 9.91. The maximum atomic E-state index is 3.59. The van der Waals surface area contributed by atoms with Gasteiger partial charge < -0.3 is 15.1 Å². The Morgan fingerprint density at radius 3 is 2.38 bits per heavy atom. The highest BCUT2D eigenvalue weighted by Crippen LogP contribution is 2.27. The van der Waals surface area contributed by atoms with Crippen LogP contribution in [0.3, 0.4) is 0 Å². The lowest BCUT2D eigenvalue weighted by Gasteiger charge is -2.35. The van der Waals surface area contributed by atoms with Gasteiger partial charge in [0.1, 0.15) is 0 Å². The minimum atomic E-state index is 0.384. The average molecular weight is 289 g/mol. The molecule has 0 spiro atoms. The fraction of sp³-hybridized carbons (Fsp3) is 0.667. The van der Waals surface area contributed by atoms with Crippen LogP contribution in [0.2, 0.25) is 0 Å². The number of nitrogens with zero attached hydrogens (tertiary/aromatic N) is 2. The molecule has 1 aromatic rings. The molecular formula is C18H31N3. The molecule has 1 saturated heterocycles. The summed E-state index contributed by atoms with van der Waals surface area (Å²) in [7, 11) is 6.61. The Morgan fingerprint density at radius 2 is 1.71 bits per heavy atom. The fourth-order valence-electron chi connectivity index (χ4n) is 3.54. The number of hydrogen-bond donors (Lipinski definition) is 1. The summed E-state index contributed by atoms with van der Waals surface area (Å²) in [6.45, 7) is 10.2. The normalized spacial score (nSPS) is 23.0. The third kappa shape index (κ3) is 3.65. The highest BCUT2D eigenvalue weighted by atomic mass is 15.2. The summed E-state index contributed by atoms with van der Waals surface area (Å²) >= 11 is 0. The molecule has 1 aromatic carbocycles. The number of aryl methyl sites for hydroxylation is 3. The largest absolute Gasteiger partial charge is 0.312 e. The van der Waals surface area contributed by atoms with Crippen molar-refractivity contribution < 1.29 is 0 Å². The van der Waals surface area contributed by atoms with Gasteiger partial charge in [0.15, 0.2) is 0 Å². The Bertz CT molecular complexity index is 484. The summed E-state index contributed by atoms with van der Waals surface area (Å²) in [6, 6.07) is 5.61. The van der Waals surface area contributed by atoms with E-state index >= 15 is 0 Å². The van der Waals surface area contributed by atoms with Gasteiger partial charge in [0.05, 0.1) is 0 Å². The third-order valence-electron chi connectivity index (χ3n) is 5.03. The van der Waals surface area contributed by atoms with Crippen LogP contribution >= 0.6 is 0 Å². The molecule has 3 nitrogen and oxygen atoms in total. The van der Waals surface area contributed by atoms with Gasteiger partial charge in [-0.1, -0.05) is 12.1 Å². The van der Waals surface area contributed by atoms with Crippen molar-refractivity contribution in [2.45, 2.75) is 39.3 Å². The van der Waals surface area contributed by atoms with E-state index in [1.807, 2.05) is 0 Å². The monoisotopic (exact) mass is 289 g/mol. The zero-order valence-electron chi connectivity index (χ0n) is 14.5. The highest BCUT2D eigenvalue weighted by Gasteiger charge is 2.29. The molecule has 0 amide bonds. The van der Waals surface area contributed by atoms with Crippen LogP contribution in [0.4, 0.5) is 0 Å². The van der Waals surface area contributed by atoms with E-state index in [0.717, 1.165) is 6.54 Å². The van der Waals surface area contributed by atoms with E-state index in [4.69, 9.17) is 0 Å². The second-order valence-corrected chi connectivity index (χ2v) is 6.72. The quantitative estimate of drug-likeness (QED) is 0.922. The van der Waals surface area contributed by atoms with Gasteiger partial charge >= 0.3 is 0 Å². The first kappa shape index (κ1) is 16.5. The lowest BCUT2D eigenvalue weighted by Crippen LogP contribution is -2.46. The molecular weight excluding hydrogens is 258 g/mol. The lowest BCUT2D eigenvalue weighted by molar-refractivity contribution is 0.182. The predicted octanol–water partition coefficient (Wildman–Crippen LogP) is 2.51. The van der Waals surface area contributed by atoms with E-state index in [2.05, 4.69) is 69.2 Å². The van der Waals surface area contributed by atoms with Crippen LogP contribution < -0.4 is 5.32 Å². The molecule has 1 N–H and O–H groups in total. The molecule has 0 aromatic heterocycles. The van der Waals surface area contributed by atoms with Gasteiger partial charge in [0, 0.05) is 18.6 Å². The molecule has 1 fully saturated rings. The summed E-state index contributed by atoms with van der Waals surface area (Å²) in [5, 5.41) is 3.59. The third-order valence-corrected chi connectivity index (χ3v) is 5.03. The van der Waals surface area contributed by atoms with Crippen molar-refractivity contribution in [2.24, 2.45) is 0 Å². The number of rotatable bonds is 3. The second kappa shape index (κ2) is 6.91. The van der Waals surface area contributed by atoms with Crippen molar-refractivity contribution in [3.63, 3.8) is 0 Å². The summed E-state index contributed by atoms with van der Waals surface area (Å²) in [5.74, 6) is 0. The summed E-state index contributed by atoms with van der Waals surface area (Å²) in [4.78, 5) is 4.99. The Labute approximate surface area is 130 Å². The maximum Gasteiger partial charge on any atom is 0.0490 e. The first-order valence-electron chi connectivity index (χ1n) is 8.07. The molecule has 1 aliphatic heterocycles. The van der Waals surface area contributed by atoms with Crippen LogP contribution in [0.1, 0.15) is 34.7 Å². The van der Waals surface area contributed by atoms with Crippen molar-refractivity contribution in [3.8, 4) is 0 Å². The van der Waals surface area contributed by atoms with Crippen molar-refractivity contribution in [3.05, 3.63) is 34.4 Å². The zero-order chi connectivity index (χ0) is 15.6. The summed E-state index contributed by atoms with van der Waals surface area (Å²) in [6.07, 6.45) is 1.26. The van der Waals surface area contributed by atoms with Gasteiger partial charge in [0.2, 0.25) is 0 Å². The number of likely N-dealkylation sites (N-methyl/N-ethyl adjacent to an activating group) is 3. The van der Waals surface area contributed by atoms with E-state index in [-0.39, 0.29) is 0 Å². The molecule has 118 valence electrons. The molecule has 2 atom stereocenters. The van der Waals surface area contributed by atoms with Gasteiger partial charge in [-0.05, 0) is 83.7 Å². The molecule has 1 aliphatic rings. The minimum Gasteiger partial charge on any atom is -0.312 e. The Balaban J connectivity index is 2.35. The van der Waals surface area contributed by atoms with E-state index in [0.29, 0.717) is 12.1 Å². The van der Waals surface area contributed by atoms with Crippen LogP contribution in [-0.2, 0) is 0 Å². The van der Waals surface area contributed by atoms with Crippen LogP contribution in [0.5, 0.6) is 0 Å². The molecule has 1 heterocycles. The van der Waals surface area contributed by atoms with Crippen molar-refractivity contribution in [1.29, 1.82) is 0 Å². The van der Waals surface area contributed by atoms with Gasteiger partial charge in [0.25, 0.3) is 0 Å². The zero-order valence-corrected chi connectivity index (χ0v) is 14.5. The molecule has 0 aliphatic carbocycles. The summed E-state index contributed by atoms with van der Waals surface area (Å²) < 4.78 is 0. The smallest absolute Gasteiger partial charge is 0.0490 e. The van der Waals surface area contributed by atoms with E-state index in [1.54, 1.807) is 0 Å². The molecule has 21 heavy (non-hydrogen) atoms. The van der Waals surface area contributed by atoms with Gasteiger partial charge in [-0.2, -0.15) is 0 Å². The SMILES string of the molecule is CNC(c1cc(C)c(C)cc1C)C1CN(C)CCCN1C. The van der Waals surface area contributed by atoms with Crippen LogP contribution in [0, 0.1) is 20.8 Å². The second-order valence-electron chi connectivity index (χ2n) is 6.72. The molecule has 0 saturated carbocycles. The van der Waals surface area contributed by atoms with E-state index in [1.165, 1.54) is 41.8 Å². The van der Waals surface area contributed by atoms with Crippen molar-refractivity contribution in [2.75, 3.05) is 40.8 Å². The minimum absolute atomic E-state index is 0.384. The summed E-state index contributed by atoms with van der Waals surface area (Å²) in [5.41, 5.74) is 5.63. The topological polar surface area (TPSA) is 18.5 Å². The highest BCUT2D eigenvalue weighted by molar-refractivity contribution is 5.39. The maximum absolute atomic E-state index is 3.59. The molecule has 3 heteroatoms. The average Bonchev–Trinajstić information content (AvgIpc) is 2.59. The molecule has 2 rings (SSSR count). The van der Waals surface area contributed by atoms with Crippen molar-refractivity contribution in [1.82, 2.24) is 15.1 Å². The van der Waals surface area contributed by atoms with E-state index in [9.17, 15) is 0 Å². The van der Waals surface area contributed by atoms with Crippen LogP contribution in [-0.4, -0.2) is 56.6 Å². The first-order valence-corrected chi connectivity index (χ1v) is 8.07. The fourth-order valence-corrected chi connectivity index (χ4v) is 3.54. The van der Waals surface area contributed by atoms with Crippen LogP contribution in [0.15, 0.2) is 12.1 Å². The number of hydrogen-bond acceptors (Lipinski definition) is 3.